The van der Waals surface area contributed by atoms with Crippen LogP contribution in [0.4, 0.5) is 8.78 Å². The van der Waals surface area contributed by atoms with Crippen molar-refractivity contribution < 1.29 is 22.8 Å². The molecule has 0 radical (unpaired) electrons. The van der Waals surface area contributed by atoms with E-state index in [-0.39, 0.29) is 12.2 Å². The molecule has 7 heteroatoms. The van der Waals surface area contributed by atoms with Crippen molar-refractivity contribution in [1.82, 2.24) is 10.1 Å². The average molecular weight is 400 g/mol. The molecule has 1 saturated carbocycles. The average Bonchev–Trinajstić information content (AvgIpc) is 3.25. The molecule has 0 N–H and O–H groups in total. The third-order valence-corrected chi connectivity index (χ3v) is 5.21. The normalized spacial score (nSPS) is 14.7. The predicted molar refractivity (Wildman–Crippen MR) is 103 cm³/mol. The smallest absolute Gasteiger partial charge is 0.230 e. The second-order valence-corrected chi connectivity index (χ2v) is 7.18. The molecule has 1 aromatic heterocycles. The van der Waals surface area contributed by atoms with Gasteiger partial charge in [-0.1, -0.05) is 24.4 Å². The van der Waals surface area contributed by atoms with Gasteiger partial charge in [0.25, 0.3) is 0 Å². The molecule has 1 aliphatic carbocycles. The van der Waals surface area contributed by atoms with Crippen LogP contribution in [0.15, 0.2) is 40.9 Å². The van der Waals surface area contributed by atoms with Gasteiger partial charge in [-0.2, -0.15) is 4.98 Å². The Balaban J connectivity index is 1.51. The van der Waals surface area contributed by atoms with Gasteiger partial charge in [0.15, 0.2) is 11.5 Å². The van der Waals surface area contributed by atoms with Gasteiger partial charge in [-0.15, -0.1) is 0 Å². The summed E-state index contributed by atoms with van der Waals surface area (Å²) in [4.78, 5) is 4.56. The third-order valence-electron chi connectivity index (χ3n) is 5.21. The molecule has 5 nitrogen and oxygen atoms in total. The van der Waals surface area contributed by atoms with Crippen molar-refractivity contribution in [2.45, 2.75) is 44.6 Å². The van der Waals surface area contributed by atoms with E-state index in [2.05, 4.69) is 10.1 Å². The van der Waals surface area contributed by atoms with Gasteiger partial charge in [-0.05, 0) is 49.2 Å². The van der Waals surface area contributed by atoms with Crippen LogP contribution in [-0.2, 0) is 6.61 Å². The van der Waals surface area contributed by atoms with Crippen molar-refractivity contribution in [1.29, 1.82) is 0 Å². The molecular formula is C22H22F2N2O3. The summed E-state index contributed by atoms with van der Waals surface area (Å²) in [7, 11) is 1.51. The Kier molecular flexibility index (Phi) is 5.74. The molecule has 0 aliphatic heterocycles. The van der Waals surface area contributed by atoms with Gasteiger partial charge in [-0.3, -0.25) is 0 Å². The zero-order valence-corrected chi connectivity index (χ0v) is 16.2. The second kappa shape index (κ2) is 8.59. The minimum Gasteiger partial charge on any atom is -0.493 e. The van der Waals surface area contributed by atoms with Crippen LogP contribution >= 0.6 is 0 Å². The van der Waals surface area contributed by atoms with E-state index in [9.17, 15) is 8.78 Å². The zero-order chi connectivity index (χ0) is 20.2. The summed E-state index contributed by atoms with van der Waals surface area (Å²) in [5, 5.41) is 4.11. The molecule has 0 unspecified atom stereocenters. The lowest BCUT2D eigenvalue weighted by Gasteiger charge is -2.17. The van der Waals surface area contributed by atoms with Crippen LogP contribution in [0.5, 0.6) is 11.5 Å². The molecular weight excluding hydrogens is 378 g/mol. The van der Waals surface area contributed by atoms with Crippen molar-refractivity contribution >= 4 is 0 Å². The Morgan fingerprint density at radius 3 is 2.66 bits per heavy atom. The Hall–Kier alpha value is -2.96. The lowest BCUT2D eigenvalue weighted by molar-refractivity contribution is 0.279. The Morgan fingerprint density at radius 2 is 1.86 bits per heavy atom. The molecule has 0 amide bonds. The lowest BCUT2D eigenvalue weighted by atomic mass is 9.89. The monoisotopic (exact) mass is 400 g/mol. The number of ether oxygens (including phenoxy) is 2. The Labute approximate surface area is 167 Å². The summed E-state index contributed by atoms with van der Waals surface area (Å²) in [6.07, 6.45) is 5.79. The maximum Gasteiger partial charge on any atom is 0.230 e. The van der Waals surface area contributed by atoms with E-state index in [1.165, 1.54) is 26.4 Å². The van der Waals surface area contributed by atoms with Crippen LogP contribution in [0, 0.1) is 11.6 Å². The highest BCUT2D eigenvalue weighted by Crippen LogP contribution is 2.35. The van der Waals surface area contributed by atoms with Gasteiger partial charge in [0.05, 0.1) is 7.11 Å². The number of nitrogens with zero attached hydrogens (tertiary/aromatic N) is 2. The van der Waals surface area contributed by atoms with Gasteiger partial charge < -0.3 is 14.0 Å². The molecule has 1 fully saturated rings. The van der Waals surface area contributed by atoms with E-state index in [0.717, 1.165) is 36.6 Å². The lowest BCUT2D eigenvalue weighted by Crippen LogP contribution is -2.04. The van der Waals surface area contributed by atoms with E-state index in [0.29, 0.717) is 29.1 Å². The fraction of sp³-hybridized carbons (Fsp3) is 0.364. The molecule has 0 saturated heterocycles. The summed E-state index contributed by atoms with van der Waals surface area (Å²) in [6, 6.07) is 8.49. The number of hydrogen-bond donors (Lipinski definition) is 0. The Bertz CT molecular complexity index is 984. The topological polar surface area (TPSA) is 57.4 Å². The molecule has 1 heterocycles. The second-order valence-electron chi connectivity index (χ2n) is 7.18. The molecule has 3 aromatic rings. The molecule has 1 aliphatic rings. The SMILES string of the molecule is COc1cc(-c2noc(C3CCCCC3)n2)ccc1OCc1cc(F)ccc1F. The van der Waals surface area contributed by atoms with Crippen LogP contribution in [0.2, 0.25) is 0 Å². The van der Waals surface area contributed by atoms with Gasteiger partial charge >= 0.3 is 0 Å². The molecule has 152 valence electrons. The number of aromatic nitrogens is 2. The molecule has 2 aromatic carbocycles. The highest BCUT2D eigenvalue weighted by Gasteiger charge is 2.22. The standard InChI is InChI=1S/C22H22F2N2O3/c1-27-20-12-15(21-25-22(29-26-21)14-5-3-2-4-6-14)7-10-19(20)28-13-16-11-17(23)8-9-18(16)24/h7-12,14H,2-6,13H2,1H3. The predicted octanol–water partition coefficient (Wildman–Crippen LogP) is 5.65. The van der Waals surface area contributed by atoms with Crippen molar-refractivity contribution in [3.05, 3.63) is 59.5 Å². The first kappa shape index (κ1) is 19.4. The van der Waals surface area contributed by atoms with Crippen molar-refractivity contribution in [2.75, 3.05) is 7.11 Å². The number of hydrogen-bond acceptors (Lipinski definition) is 5. The minimum absolute atomic E-state index is 0.118. The van der Waals surface area contributed by atoms with Crippen LogP contribution in [0.3, 0.4) is 0 Å². The Morgan fingerprint density at radius 1 is 1.03 bits per heavy atom. The first-order valence-corrected chi connectivity index (χ1v) is 9.73. The first-order chi connectivity index (χ1) is 14.1. The molecule has 0 bridgehead atoms. The van der Waals surface area contributed by atoms with E-state index in [4.69, 9.17) is 14.0 Å². The third kappa shape index (κ3) is 4.39. The molecule has 0 atom stereocenters. The highest BCUT2D eigenvalue weighted by atomic mass is 19.1. The van der Waals surface area contributed by atoms with Crippen LogP contribution < -0.4 is 9.47 Å². The summed E-state index contributed by atoms with van der Waals surface area (Å²) in [5.41, 5.74) is 0.864. The number of halogens is 2. The van der Waals surface area contributed by atoms with Crippen molar-refractivity contribution in [2.24, 2.45) is 0 Å². The summed E-state index contributed by atoms with van der Waals surface area (Å²) in [5.74, 6) is 1.32. The molecule has 0 spiro atoms. The number of rotatable bonds is 6. The van der Waals surface area contributed by atoms with Gasteiger partial charge in [-0.25, -0.2) is 8.78 Å². The zero-order valence-electron chi connectivity index (χ0n) is 16.2. The van der Waals surface area contributed by atoms with Crippen molar-refractivity contribution in [3.8, 4) is 22.9 Å². The van der Waals surface area contributed by atoms with Crippen LogP contribution in [0.1, 0.15) is 49.5 Å². The first-order valence-electron chi connectivity index (χ1n) is 9.73. The largest absolute Gasteiger partial charge is 0.493 e. The van der Waals surface area contributed by atoms with Crippen molar-refractivity contribution in [3.63, 3.8) is 0 Å². The van der Waals surface area contributed by atoms with E-state index in [1.807, 2.05) is 0 Å². The van der Waals surface area contributed by atoms with E-state index >= 15 is 0 Å². The molecule has 4 rings (SSSR count). The fourth-order valence-corrected chi connectivity index (χ4v) is 3.60. The summed E-state index contributed by atoms with van der Waals surface area (Å²) in [6.45, 7) is -0.118. The molecule has 29 heavy (non-hydrogen) atoms. The summed E-state index contributed by atoms with van der Waals surface area (Å²) < 4.78 is 43.6. The van der Waals surface area contributed by atoms with Crippen LogP contribution in [-0.4, -0.2) is 17.3 Å². The van der Waals surface area contributed by atoms with E-state index < -0.39 is 11.6 Å². The van der Waals surface area contributed by atoms with Gasteiger partial charge in [0.2, 0.25) is 11.7 Å². The summed E-state index contributed by atoms with van der Waals surface area (Å²) >= 11 is 0. The fourth-order valence-electron chi connectivity index (χ4n) is 3.60. The van der Waals surface area contributed by atoms with Gasteiger partial charge in [0.1, 0.15) is 18.2 Å². The quantitative estimate of drug-likeness (QED) is 0.535. The number of benzene rings is 2. The number of methoxy groups -OCH3 is 1. The van der Waals surface area contributed by atoms with Crippen LogP contribution in [0.25, 0.3) is 11.4 Å². The maximum atomic E-state index is 13.8. The highest BCUT2D eigenvalue weighted by molar-refractivity contribution is 5.60. The minimum atomic E-state index is -0.524. The van der Waals surface area contributed by atoms with E-state index in [1.54, 1.807) is 18.2 Å². The maximum absolute atomic E-state index is 13.8. The van der Waals surface area contributed by atoms with Gasteiger partial charge in [0, 0.05) is 17.0 Å².